The van der Waals surface area contributed by atoms with Crippen LogP contribution in [0, 0.1) is 0 Å². The van der Waals surface area contributed by atoms with Crippen LogP contribution < -0.4 is 11.1 Å². The van der Waals surface area contributed by atoms with E-state index in [1.165, 1.54) is 12.8 Å². The maximum absolute atomic E-state index is 5.83. The Morgan fingerprint density at radius 1 is 1.38 bits per heavy atom. The highest BCUT2D eigenvalue weighted by atomic mass is 32.1. The molecule has 1 aromatic heterocycles. The summed E-state index contributed by atoms with van der Waals surface area (Å²) >= 11 is 1.66. The van der Waals surface area contributed by atoms with Crippen LogP contribution >= 0.6 is 11.3 Å². The van der Waals surface area contributed by atoms with Crippen LogP contribution in [-0.4, -0.2) is 17.1 Å². The lowest BCUT2D eigenvalue weighted by molar-refractivity contribution is 0.411. The van der Waals surface area contributed by atoms with E-state index in [0.29, 0.717) is 12.1 Å². The van der Waals surface area contributed by atoms with E-state index in [9.17, 15) is 0 Å². The average molecular weight is 197 g/mol. The first-order valence-electron chi connectivity index (χ1n) is 4.76. The molecule has 3 nitrogen and oxygen atoms in total. The Morgan fingerprint density at radius 2 is 2.15 bits per heavy atom. The third kappa shape index (κ3) is 2.42. The zero-order valence-electron chi connectivity index (χ0n) is 7.57. The summed E-state index contributed by atoms with van der Waals surface area (Å²) in [5, 5.41) is 6.47. The Kier molecular flexibility index (Phi) is 2.80. The number of nitrogens with one attached hydrogen (secondary N) is 1. The van der Waals surface area contributed by atoms with Gasteiger partial charge in [0.1, 0.15) is 0 Å². The summed E-state index contributed by atoms with van der Waals surface area (Å²) < 4.78 is 0. The molecule has 0 atom stereocenters. The molecule has 1 fully saturated rings. The number of rotatable bonds is 2. The monoisotopic (exact) mass is 197 g/mol. The highest BCUT2D eigenvalue weighted by molar-refractivity contribution is 7.13. The van der Waals surface area contributed by atoms with Crippen LogP contribution in [0.2, 0.25) is 0 Å². The van der Waals surface area contributed by atoms with Gasteiger partial charge in [0.25, 0.3) is 0 Å². The maximum Gasteiger partial charge on any atom is 0.182 e. The summed E-state index contributed by atoms with van der Waals surface area (Å²) in [5.74, 6) is 0. The Bertz CT molecular complexity index is 239. The zero-order chi connectivity index (χ0) is 9.10. The van der Waals surface area contributed by atoms with Gasteiger partial charge in [0, 0.05) is 23.7 Å². The third-order valence-electron chi connectivity index (χ3n) is 2.53. The zero-order valence-corrected chi connectivity index (χ0v) is 8.39. The molecule has 0 spiro atoms. The normalized spacial score (nSPS) is 28.7. The van der Waals surface area contributed by atoms with Crippen molar-refractivity contribution in [1.29, 1.82) is 0 Å². The second-order valence-corrected chi connectivity index (χ2v) is 4.49. The molecule has 1 saturated carbocycles. The third-order valence-corrected chi connectivity index (χ3v) is 3.24. The largest absolute Gasteiger partial charge is 0.359 e. The predicted molar refractivity (Wildman–Crippen MR) is 56.0 cm³/mol. The molecule has 1 aliphatic carbocycles. The molecule has 1 aromatic rings. The van der Waals surface area contributed by atoms with Crippen LogP contribution in [0.1, 0.15) is 25.7 Å². The van der Waals surface area contributed by atoms with Crippen molar-refractivity contribution in [3.05, 3.63) is 11.6 Å². The van der Waals surface area contributed by atoms with Crippen LogP contribution in [0.3, 0.4) is 0 Å². The molecule has 2 rings (SSSR count). The summed E-state index contributed by atoms with van der Waals surface area (Å²) in [6, 6.07) is 1.01. The summed E-state index contributed by atoms with van der Waals surface area (Å²) in [6.07, 6.45) is 6.48. The van der Waals surface area contributed by atoms with E-state index in [-0.39, 0.29) is 0 Å². The van der Waals surface area contributed by atoms with E-state index < -0.39 is 0 Å². The first-order valence-corrected chi connectivity index (χ1v) is 5.64. The lowest BCUT2D eigenvalue weighted by Gasteiger charge is -2.26. The first kappa shape index (κ1) is 8.97. The maximum atomic E-state index is 5.83. The van der Waals surface area contributed by atoms with Crippen molar-refractivity contribution in [3.63, 3.8) is 0 Å². The average Bonchev–Trinajstić information content (AvgIpc) is 2.62. The molecule has 0 unspecified atom stereocenters. The van der Waals surface area contributed by atoms with Gasteiger partial charge in [0.15, 0.2) is 5.13 Å². The predicted octanol–water partition coefficient (Wildman–Crippen LogP) is 1.82. The van der Waals surface area contributed by atoms with Crippen LogP contribution in [-0.2, 0) is 0 Å². The molecule has 3 N–H and O–H groups in total. The van der Waals surface area contributed by atoms with Crippen molar-refractivity contribution in [1.82, 2.24) is 4.98 Å². The van der Waals surface area contributed by atoms with Gasteiger partial charge in [0.05, 0.1) is 0 Å². The van der Waals surface area contributed by atoms with Crippen molar-refractivity contribution < 1.29 is 0 Å². The van der Waals surface area contributed by atoms with Gasteiger partial charge in [-0.15, -0.1) is 11.3 Å². The van der Waals surface area contributed by atoms with E-state index in [0.717, 1.165) is 18.0 Å². The molecule has 0 amide bonds. The van der Waals surface area contributed by atoms with Gasteiger partial charge in [-0.3, -0.25) is 0 Å². The fraction of sp³-hybridized carbons (Fsp3) is 0.667. The molecule has 0 aromatic carbocycles. The number of hydrogen-bond donors (Lipinski definition) is 2. The van der Waals surface area contributed by atoms with Crippen LogP contribution in [0.25, 0.3) is 0 Å². The SMILES string of the molecule is NC1CCC(Nc2nccs2)CC1. The summed E-state index contributed by atoms with van der Waals surface area (Å²) in [7, 11) is 0. The van der Waals surface area contributed by atoms with Gasteiger partial charge in [-0.1, -0.05) is 0 Å². The summed E-state index contributed by atoms with van der Waals surface area (Å²) in [4.78, 5) is 4.21. The minimum absolute atomic E-state index is 0.425. The van der Waals surface area contributed by atoms with E-state index in [1.54, 1.807) is 11.3 Å². The molecule has 13 heavy (non-hydrogen) atoms. The van der Waals surface area contributed by atoms with Gasteiger partial charge < -0.3 is 11.1 Å². The Hall–Kier alpha value is -0.610. The molecule has 72 valence electrons. The van der Waals surface area contributed by atoms with Crippen molar-refractivity contribution >= 4 is 16.5 Å². The minimum Gasteiger partial charge on any atom is -0.359 e. The number of hydrogen-bond acceptors (Lipinski definition) is 4. The fourth-order valence-corrected chi connectivity index (χ4v) is 2.34. The number of nitrogens with two attached hydrogens (primary N) is 1. The highest BCUT2D eigenvalue weighted by Gasteiger charge is 2.18. The van der Waals surface area contributed by atoms with Gasteiger partial charge in [-0.05, 0) is 25.7 Å². The quantitative estimate of drug-likeness (QED) is 0.760. The van der Waals surface area contributed by atoms with Crippen molar-refractivity contribution in [3.8, 4) is 0 Å². The van der Waals surface area contributed by atoms with Crippen molar-refractivity contribution in [2.45, 2.75) is 37.8 Å². The molecule has 0 aliphatic heterocycles. The molecule has 0 saturated heterocycles. The number of nitrogens with zero attached hydrogens (tertiary/aromatic N) is 1. The minimum atomic E-state index is 0.425. The molecular weight excluding hydrogens is 182 g/mol. The Balaban J connectivity index is 1.83. The van der Waals surface area contributed by atoms with Crippen molar-refractivity contribution in [2.24, 2.45) is 5.73 Å². The van der Waals surface area contributed by atoms with Gasteiger partial charge in [-0.25, -0.2) is 4.98 Å². The second kappa shape index (κ2) is 4.07. The van der Waals surface area contributed by atoms with Gasteiger partial charge in [0.2, 0.25) is 0 Å². The van der Waals surface area contributed by atoms with Crippen LogP contribution in [0.4, 0.5) is 5.13 Å². The molecule has 0 bridgehead atoms. The second-order valence-electron chi connectivity index (χ2n) is 3.59. The Morgan fingerprint density at radius 3 is 2.77 bits per heavy atom. The van der Waals surface area contributed by atoms with Gasteiger partial charge in [-0.2, -0.15) is 0 Å². The van der Waals surface area contributed by atoms with Crippen molar-refractivity contribution in [2.75, 3.05) is 5.32 Å². The van der Waals surface area contributed by atoms with E-state index in [2.05, 4.69) is 10.3 Å². The number of anilines is 1. The smallest absolute Gasteiger partial charge is 0.182 e. The van der Waals surface area contributed by atoms with E-state index >= 15 is 0 Å². The number of thiazole rings is 1. The molecular formula is C9H15N3S. The molecule has 0 radical (unpaired) electrons. The van der Waals surface area contributed by atoms with Crippen LogP contribution in [0.15, 0.2) is 11.6 Å². The highest BCUT2D eigenvalue weighted by Crippen LogP contribution is 2.21. The topological polar surface area (TPSA) is 50.9 Å². The number of aromatic nitrogens is 1. The first-order chi connectivity index (χ1) is 6.34. The summed E-state index contributed by atoms with van der Waals surface area (Å²) in [6.45, 7) is 0. The molecule has 1 aliphatic rings. The Labute approximate surface area is 82.4 Å². The standard InChI is InChI=1S/C9H15N3S/c10-7-1-3-8(4-2-7)12-9-11-5-6-13-9/h5-8H,1-4,10H2,(H,11,12). The lowest BCUT2D eigenvalue weighted by Crippen LogP contribution is -2.32. The van der Waals surface area contributed by atoms with Gasteiger partial charge >= 0.3 is 0 Å². The molecule has 1 heterocycles. The fourth-order valence-electron chi connectivity index (χ4n) is 1.73. The van der Waals surface area contributed by atoms with Crippen LogP contribution in [0.5, 0.6) is 0 Å². The molecule has 4 heteroatoms. The lowest BCUT2D eigenvalue weighted by atomic mass is 9.92. The summed E-state index contributed by atoms with van der Waals surface area (Å²) in [5.41, 5.74) is 5.83. The van der Waals surface area contributed by atoms with E-state index in [1.807, 2.05) is 11.6 Å². The van der Waals surface area contributed by atoms with E-state index in [4.69, 9.17) is 5.73 Å².